The molecule has 1 aromatic carbocycles. The highest BCUT2D eigenvalue weighted by atomic mass is 35.5. The number of benzene rings is 1. The van der Waals surface area contributed by atoms with Gasteiger partial charge in [-0.1, -0.05) is 11.6 Å². The number of fused-ring (bicyclic) bond motifs is 1. The Labute approximate surface area is 124 Å². The van der Waals surface area contributed by atoms with E-state index in [0.29, 0.717) is 22.9 Å². The van der Waals surface area contributed by atoms with Gasteiger partial charge in [0.2, 0.25) is 0 Å². The van der Waals surface area contributed by atoms with Crippen LogP contribution in [0.3, 0.4) is 0 Å². The molecule has 1 aliphatic rings. The standard InChI is InChI=1S/C14H11ClO4S/c15-12-3-10-5-17-8-19-13(10)11(4-12)6-18-14(16)9-1-2-20-7-9/h1-4,7H,5-6,8H2. The molecule has 0 spiro atoms. The van der Waals surface area contributed by atoms with Crippen molar-refractivity contribution in [1.82, 2.24) is 0 Å². The summed E-state index contributed by atoms with van der Waals surface area (Å²) in [5, 5.41) is 4.15. The van der Waals surface area contributed by atoms with Gasteiger partial charge in [0, 0.05) is 21.5 Å². The monoisotopic (exact) mass is 310 g/mol. The van der Waals surface area contributed by atoms with Crippen molar-refractivity contribution < 1.29 is 19.0 Å². The van der Waals surface area contributed by atoms with Crippen molar-refractivity contribution in [2.75, 3.05) is 6.79 Å². The Morgan fingerprint density at radius 3 is 3.15 bits per heavy atom. The zero-order chi connectivity index (χ0) is 13.9. The SMILES string of the molecule is O=C(OCc1cc(Cl)cc2c1OCOC2)c1ccsc1. The smallest absolute Gasteiger partial charge is 0.339 e. The molecule has 0 radical (unpaired) electrons. The third kappa shape index (κ3) is 2.80. The van der Waals surface area contributed by atoms with Gasteiger partial charge in [0.25, 0.3) is 0 Å². The van der Waals surface area contributed by atoms with E-state index in [2.05, 4.69) is 0 Å². The molecule has 0 amide bonds. The maximum Gasteiger partial charge on any atom is 0.339 e. The number of carbonyl (C=O) groups is 1. The third-order valence-electron chi connectivity index (χ3n) is 2.87. The number of esters is 1. The molecular formula is C14H11ClO4S. The average molecular weight is 311 g/mol. The van der Waals surface area contributed by atoms with E-state index in [-0.39, 0.29) is 19.4 Å². The molecule has 1 aromatic heterocycles. The fraction of sp³-hybridized carbons (Fsp3) is 0.214. The van der Waals surface area contributed by atoms with Crippen molar-refractivity contribution in [3.63, 3.8) is 0 Å². The van der Waals surface area contributed by atoms with Gasteiger partial charge in [-0.2, -0.15) is 11.3 Å². The molecule has 2 aromatic rings. The molecule has 0 saturated carbocycles. The zero-order valence-electron chi connectivity index (χ0n) is 10.4. The molecule has 104 valence electrons. The maximum atomic E-state index is 11.8. The van der Waals surface area contributed by atoms with Crippen molar-refractivity contribution in [2.45, 2.75) is 13.2 Å². The number of ether oxygens (including phenoxy) is 3. The Kier molecular flexibility index (Phi) is 3.91. The molecule has 2 heterocycles. The normalized spacial score (nSPS) is 13.4. The molecule has 6 heteroatoms. The van der Waals surface area contributed by atoms with E-state index in [0.717, 1.165) is 11.1 Å². The zero-order valence-corrected chi connectivity index (χ0v) is 12.0. The Morgan fingerprint density at radius 2 is 2.35 bits per heavy atom. The highest BCUT2D eigenvalue weighted by Gasteiger charge is 2.18. The van der Waals surface area contributed by atoms with Crippen LogP contribution in [0.5, 0.6) is 5.75 Å². The summed E-state index contributed by atoms with van der Waals surface area (Å²) < 4.78 is 15.9. The molecular weight excluding hydrogens is 300 g/mol. The Hall–Kier alpha value is -1.56. The number of hydrogen-bond donors (Lipinski definition) is 0. The topological polar surface area (TPSA) is 44.8 Å². The van der Waals surface area contributed by atoms with E-state index in [1.807, 2.05) is 5.38 Å². The molecule has 1 aliphatic heterocycles. The summed E-state index contributed by atoms with van der Waals surface area (Å²) in [6.45, 7) is 0.763. The molecule has 4 nitrogen and oxygen atoms in total. The third-order valence-corrected chi connectivity index (χ3v) is 3.77. The van der Waals surface area contributed by atoms with Crippen LogP contribution in [0, 0.1) is 0 Å². The summed E-state index contributed by atoms with van der Waals surface area (Å²) in [7, 11) is 0. The number of hydrogen-bond acceptors (Lipinski definition) is 5. The van der Waals surface area contributed by atoms with Gasteiger partial charge in [0.05, 0.1) is 12.2 Å². The Bertz CT molecular complexity index is 624. The second-order valence-electron chi connectivity index (χ2n) is 4.25. The first-order valence-corrected chi connectivity index (χ1v) is 7.27. The fourth-order valence-electron chi connectivity index (χ4n) is 1.97. The lowest BCUT2D eigenvalue weighted by Crippen LogP contribution is -2.14. The minimum atomic E-state index is -0.355. The molecule has 0 unspecified atom stereocenters. The van der Waals surface area contributed by atoms with Crippen LogP contribution in [0.25, 0.3) is 0 Å². The number of rotatable bonds is 3. The number of thiophene rings is 1. The predicted molar refractivity (Wildman–Crippen MR) is 75.2 cm³/mol. The molecule has 0 aliphatic carbocycles. The van der Waals surface area contributed by atoms with Crippen LogP contribution in [0.1, 0.15) is 21.5 Å². The fourth-order valence-corrected chi connectivity index (χ4v) is 2.86. The molecule has 0 fully saturated rings. The molecule has 0 bridgehead atoms. The van der Waals surface area contributed by atoms with Crippen LogP contribution in [0.15, 0.2) is 29.0 Å². The molecule has 20 heavy (non-hydrogen) atoms. The predicted octanol–water partition coefficient (Wildman–Crippen LogP) is 3.63. The molecule has 3 rings (SSSR count). The second kappa shape index (κ2) is 5.83. The lowest BCUT2D eigenvalue weighted by molar-refractivity contribution is -0.0180. The van der Waals surface area contributed by atoms with Crippen LogP contribution in [-0.2, 0) is 22.7 Å². The lowest BCUT2D eigenvalue weighted by atomic mass is 10.1. The van der Waals surface area contributed by atoms with Gasteiger partial charge in [0.15, 0.2) is 6.79 Å². The second-order valence-corrected chi connectivity index (χ2v) is 5.47. The van der Waals surface area contributed by atoms with E-state index in [9.17, 15) is 4.79 Å². The van der Waals surface area contributed by atoms with Gasteiger partial charge in [-0.3, -0.25) is 0 Å². The van der Waals surface area contributed by atoms with Gasteiger partial charge in [-0.25, -0.2) is 4.79 Å². The highest BCUT2D eigenvalue weighted by Crippen LogP contribution is 2.32. The van der Waals surface area contributed by atoms with Crippen molar-refractivity contribution in [3.8, 4) is 5.75 Å². The van der Waals surface area contributed by atoms with Crippen molar-refractivity contribution in [3.05, 3.63) is 50.7 Å². The van der Waals surface area contributed by atoms with Crippen LogP contribution in [0.2, 0.25) is 5.02 Å². The summed E-state index contributed by atoms with van der Waals surface area (Å²) in [5.41, 5.74) is 2.17. The van der Waals surface area contributed by atoms with Gasteiger partial charge in [-0.15, -0.1) is 0 Å². The first-order valence-electron chi connectivity index (χ1n) is 5.95. The minimum absolute atomic E-state index is 0.123. The van der Waals surface area contributed by atoms with Crippen LogP contribution in [0.4, 0.5) is 0 Å². The van der Waals surface area contributed by atoms with E-state index >= 15 is 0 Å². The first kappa shape index (κ1) is 13.4. The van der Waals surface area contributed by atoms with Crippen LogP contribution < -0.4 is 4.74 Å². The van der Waals surface area contributed by atoms with Gasteiger partial charge < -0.3 is 14.2 Å². The van der Waals surface area contributed by atoms with Crippen LogP contribution in [-0.4, -0.2) is 12.8 Å². The average Bonchev–Trinajstić information content (AvgIpc) is 2.98. The van der Waals surface area contributed by atoms with Crippen molar-refractivity contribution in [2.24, 2.45) is 0 Å². The lowest BCUT2D eigenvalue weighted by Gasteiger charge is -2.21. The van der Waals surface area contributed by atoms with Crippen molar-refractivity contribution in [1.29, 1.82) is 0 Å². The molecule has 0 N–H and O–H groups in total. The summed E-state index contributed by atoms with van der Waals surface area (Å²) in [4.78, 5) is 11.8. The summed E-state index contributed by atoms with van der Waals surface area (Å²) >= 11 is 7.50. The maximum absolute atomic E-state index is 11.8. The first-order chi connectivity index (χ1) is 9.74. The van der Waals surface area contributed by atoms with E-state index < -0.39 is 0 Å². The van der Waals surface area contributed by atoms with Gasteiger partial charge in [0.1, 0.15) is 12.4 Å². The van der Waals surface area contributed by atoms with Crippen LogP contribution >= 0.6 is 22.9 Å². The Morgan fingerprint density at radius 1 is 1.45 bits per heavy atom. The van der Waals surface area contributed by atoms with E-state index in [1.165, 1.54) is 11.3 Å². The van der Waals surface area contributed by atoms with Crippen molar-refractivity contribution >= 4 is 28.9 Å². The van der Waals surface area contributed by atoms with Gasteiger partial charge in [-0.05, 0) is 23.6 Å². The summed E-state index contributed by atoms with van der Waals surface area (Å²) in [6, 6.07) is 5.26. The summed E-state index contributed by atoms with van der Waals surface area (Å²) in [6.07, 6.45) is 0. The molecule has 0 atom stereocenters. The Balaban J connectivity index is 1.77. The van der Waals surface area contributed by atoms with E-state index in [4.69, 9.17) is 25.8 Å². The largest absolute Gasteiger partial charge is 0.467 e. The summed E-state index contributed by atoms with van der Waals surface area (Å²) in [5.74, 6) is 0.339. The number of carbonyl (C=O) groups excluding carboxylic acids is 1. The minimum Gasteiger partial charge on any atom is -0.467 e. The molecule has 0 saturated heterocycles. The number of halogens is 1. The highest BCUT2D eigenvalue weighted by molar-refractivity contribution is 7.08. The van der Waals surface area contributed by atoms with Gasteiger partial charge >= 0.3 is 5.97 Å². The van der Waals surface area contributed by atoms with E-state index in [1.54, 1.807) is 23.6 Å². The quantitative estimate of drug-likeness (QED) is 0.812.